The van der Waals surface area contributed by atoms with Gasteiger partial charge in [0.15, 0.2) is 12.6 Å². The van der Waals surface area contributed by atoms with Crippen molar-refractivity contribution in [3.05, 3.63) is 11.6 Å². The smallest absolute Gasteiger partial charge is 0.331 e. The van der Waals surface area contributed by atoms with Crippen LogP contribution in [0.3, 0.4) is 0 Å². The van der Waals surface area contributed by atoms with Gasteiger partial charge in [-0.15, -0.1) is 0 Å². The van der Waals surface area contributed by atoms with Crippen LogP contribution in [0.4, 0.5) is 0 Å². The highest BCUT2D eigenvalue weighted by atomic mass is 16.7. The van der Waals surface area contributed by atoms with Gasteiger partial charge in [0.1, 0.15) is 43.4 Å². The summed E-state index contributed by atoms with van der Waals surface area (Å²) in [5.41, 5.74) is -2.94. The molecular formula is C35H52O14. The SMILES string of the molecule is CC1OC(OC2CCC3(C=O)C4CCC5(C)C(C6=CC(=O)OC6)CCC5(O)C4CCC3(O)C2)CC(O)C1OC1OC(CO)C(O)C(O)C1O. The first-order valence-electron chi connectivity index (χ1n) is 17.9. The third-order valence-corrected chi connectivity index (χ3v) is 14.0. The number of aldehydes is 1. The Bertz CT molecular complexity index is 1300. The van der Waals surface area contributed by atoms with Gasteiger partial charge in [-0.1, -0.05) is 6.92 Å². The van der Waals surface area contributed by atoms with E-state index in [0.29, 0.717) is 44.9 Å². The fraction of sp³-hybridized carbons (Fsp3) is 0.886. The normalized spacial score (nSPS) is 54.3. The number of cyclic esters (lactones) is 1. The molecule has 7 N–H and O–H groups in total. The van der Waals surface area contributed by atoms with Crippen molar-refractivity contribution in [3.8, 4) is 0 Å². The summed E-state index contributed by atoms with van der Waals surface area (Å²) in [6.07, 6.45) is -4.38. The van der Waals surface area contributed by atoms with E-state index in [2.05, 4.69) is 6.92 Å². The topological polar surface area (TPSA) is 222 Å². The van der Waals surface area contributed by atoms with E-state index in [1.807, 2.05) is 0 Å². The van der Waals surface area contributed by atoms with Gasteiger partial charge in [0.05, 0.1) is 41.5 Å². The van der Waals surface area contributed by atoms with Gasteiger partial charge in [0.25, 0.3) is 0 Å². The Kier molecular flexibility index (Phi) is 9.38. The number of hydrogen-bond donors (Lipinski definition) is 7. The molecule has 14 heteroatoms. The van der Waals surface area contributed by atoms with Gasteiger partial charge in [-0.25, -0.2) is 4.79 Å². The molecule has 0 bridgehead atoms. The van der Waals surface area contributed by atoms with Crippen molar-refractivity contribution in [2.45, 2.75) is 151 Å². The molecule has 14 nitrogen and oxygen atoms in total. The zero-order valence-corrected chi connectivity index (χ0v) is 28.1. The number of carbonyl (C=O) groups excluding carboxylic acids is 2. The predicted octanol–water partition coefficient (Wildman–Crippen LogP) is -0.397. The summed E-state index contributed by atoms with van der Waals surface area (Å²) in [5, 5.41) is 75.9. The minimum Gasteiger partial charge on any atom is -0.458 e. The predicted molar refractivity (Wildman–Crippen MR) is 166 cm³/mol. The maximum atomic E-state index is 13.2. The standard InChI is InChI=1S/C35H52O14/c1-17-30(49-31-29(42)28(41)27(40)24(14-36)48-31)23(38)12-26(46-17)47-19-3-8-33(16-37)21-4-7-32(2)20(18-11-25(39)45-15-18)6-10-35(32,44)22(21)5-9-34(33,43)13-19/h11,16-17,19-24,26-31,36,38,40-44H,3-10,12-15H2,1-2H3. The van der Waals surface area contributed by atoms with E-state index in [0.717, 1.165) is 18.3 Å². The van der Waals surface area contributed by atoms with Gasteiger partial charge in [-0.05, 0) is 81.6 Å². The summed E-state index contributed by atoms with van der Waals surface area (Å²) in [7, 11) is 0. The van der Waals surface area contributed by atoms with Crippen molar-refractivity contribution in [1.29, 1.82) is 0 Å². The van der Waals surface area contributed by atoms with Crippen LogP contribution in [0.5, 0.6) is 0 Å². The van der Waals surface area contributed by atoms with E-state index in [1.165, 1.54) is 0 Å². The van der Waals surface area contributed by atoms with Crippen LogP contribution in [-0.4, -0.2) is 134 Å². The third kappa shape index (κ3) is 5.47. The van der Waals surface area contributed by atoms with Crippen molar-refractivity contribution in [2.24, 2.45) is 28.6 Å². The molecule has 276 valence electrons. The first kappa shape index (κ1) is 35.8. The average molecular weight is 697 g/mol. The number of fused-ring (bicyclic) bond motifs is 5. The lowest BCUT2D eigenvalue weighted by atomic mass is 9.41. The fourth-order valence-electron chi connectivity index (χ4n) is 11.3. The summed E-state index contributed by atoms with van der Waals surface area (Å²) in [6.45, 7) is 3.42. The molecule has 0 radical (unpaired) electrons. The fourth-order valence-corrected chi connectivity index (χ4v) is 11.3. The molecule has 0 aromatic heterocycles. The highest BCUT2D eigenvalue weighted by Crippen LogP contribution is 2.70. The first-order valence-corrected chi connectivity index (χ1v) is 17.9. The zero-order valence-electron chi connectivity index (χ0n) is 28.1. The van der Waals surface area contributed by atoms with E-state index in [-0.39, 0.29) is 43.2 Å². The largest absolute Gasteiger partial charge is 0.458 e. The van der Waals surface area contributed by atoms with Gasteiger partial charge in [-0.3, -0.25) is 0 Å². The van der Waals surface area contributed by atoms with E-state index in [4.69, 9.17) is 23.7 Å². The average Bonchev–Trinajstić information content (AvgIpc) is 3.61. The highest BCUT2D eigenvalue weighted by molar-refractivity contribution is 5.85. The Balaban J connectivity index is 1.00. The molecule has 0 aromatic carbocycles. The van der Waals surface area contributed by atoms with Crippen LogP contribution in [0.2, 0.25) is 0 Å². The lowest BCUT2D eigenvalue weighted by molar-refractivity contribution is -0.345. The molecular weight excluding hydrogens is 644 g/mol. The molecule has 7 aliphatic rings. The summed E-state index contributed by atoms with van der Waals surface area (Å²) < 4.78 is 28.9. The van der Waals surface area contributed by atoms with Gasteiger partial charge in [-0.2, -0.15) is 0 Å². The van der Waals surface area contributed by atoms with Crippen LogP contribution in [0, 0.1) is 28.6 Å². The van der Waals surface area contributed by atoms with E-state index < -0.39 is 90.1 Å². The first-order chi connectivity index (χ1) is 23.2. The number of carbonyl (C=O) groups is 2. The summed E-state index contributed by atoms with van der Waals surface area (Å²) in [6, 6.07) is 0. The number of ether oxygens (including phenoxy) is 5. The lowest BCUT2D eigenvalue weighted by Gasteiger charge is -2.65. The molecule has 6 fully saturated rings. The Morgan fingerprint density at radius 1 is 0.939 bits per heavy atom. The van der Waals surface area contributed by atoms with E-state index >= 15 is 0 Å². The Morgan fingerprint density at radius 3 is 2.37 bits per heavy atom. The molecule has 0 aromatic rings. The van der Waals surface area contributed by atoms with Crippen LogP contribution in [0.1, 0.15) is 78.1 Å². The monoisotopic (exact) mass is 696 g/mol. The molecule has 3 heterocycles. The summed E-state index contributed by atoms with van der Waals surface area (Å²) in [5.74, 6) is -0.688. The maximum absolute atomic E-state index is 13.2. The zero-order chi connectivity index (χ0) is 35.1. The minimum atomic E-state index is -1.62. The molecule has 4 aliphatic carbocycles. The second-order valence-electron chi connectivity index (χ2n) is 16.1. The van der Waals surface area contributed by atoms with E-state index in [1.54, 1.807) is 13.0 Å². The molecule has 3 aliphatic heterocycles. The van der Waals surface area contributed by atoms with Crippen molar-refractivity contribution >= 4 is 12.3 Å². The second-order valence-corrected chi connectivity index (χ2v) is 16.1. The highest BCUT2D eigenvalue weighted by Gasteiger charge is 2.71. The minimum absolute atomic E-state index is 0.00470. The lowest BCUT2D eigenvalue weighted by Crippen LogP contribution is -2.69. The number of aliphatic hydroxyl groups excluding tert-OH is 5. The summed E-state index contributed by atoms with van der Waals surface area (Å²) >= 11 is 0. The number of rotatable bonds is 7. The quantitative estimate of drug-likeness (QED) is 0.102. The molecule has 7 rings (SSSR count). The molecule has 4 saturated carbocycles. The molecule has 17 atom stereocenters. The number of hydrogen-bond acceptors (Lipinski definition) is 14. The van der Waals surface area contributed by atoms with Crippen molar-refractivity contribution in [3.63, 3.8) is 0 Å². The van der Waals surface area contributed by atoms with Crippen molar-refractivity contribution in [2.75, 3.05) is 13.2 Å². The van der Waals surface area contributed by atoms with Crippen LogP contribution >= 0.6 is 0 Å². The van der Waals surface area contributed by atoms with Crippen molar-refractivity contribution in [1.82, 2.24) is 0 Å². The van der Waals surface area contributed by atoms with Gasteiger partial charge in [0, 0.05) is 24.3 Å². The van der Waals surface area contributed by atoms with E-state index in [9.17, 15) is 45.3 Å². The Morgan fingerprint density at radius 2 is 1.69 bits per heavy atom. The van der Waals surface area contributed by atoms with Crippen LogP contribution in [0.15, 0.2) is 11.6 Å². The number of aliphatic hydroxyl groups is 7. The molecule has 0 amide bonds. The van der Waals surface area contributed by atoms with Gasteiger partial charge >= 0.3 is 5.97 Å². The maximum Gasteiger partial charge on any atom is 0.331 e. The molecule has 0 spiro atoms. The molecule has 49 heavy (non-hydrogen) atoms. The van der Waals surface area contributed by atoms with Crippen LogP contribution in [0.25, 0.3) is 0 Å². The van der Waals surface area contributed by atoms with Crippen LogP contribution < -0.4 is 0 Å². The molecule has 17 unspecified atom stereocenters. The van der Waals surface area contributed by atoms with Crippen LogP contribution in [-0.2, 0) is 33.3 Å². The van der Waals surface area contributed by atoms with Gasteiger partial charge in [0.2, 0.25) is 0 Å². The van der Waals surface area contributed by atoms with Crippen molar-refractivity contribution < 1.29 is 69.0 Å². The summed E-state index contributed by atoms with van der Waals surface area (Å²) in [4.78, 5) is 25.0. The Labute approximate surface area is 285 Å². The second kappa shape index (κ2) is 12.8. The Hall–Kier alpha value is -1.56. The number of esters is 1. The molecule has 2 saturated heterocycles. The third-order valence-electron chi connectivity index (χ3n) is 14.0. The van der Waals surface area contributed by atoms with Gasteiger partial charge < -0.3 is 64.2 Å².